The molecule has 3 aliphatic rings. The Morgan fingerprint density at radius 2 is 1.69 bits per heavy atom. The van der Waals surface area contributed by atoms with E-state index in [2.05, 4.69) is 37.8 Å². The third-order valence-corrected chi connectivity index (χ3v) is 10.8. The largest absolute Gasteiger partial charge is 0.346 e. The molecule has 4 N–H and O–H groups in total. The second-order valence-electron chi connectivity index (χ2n) is 16.3. The van der Waals surface area contributed by atoms with Gasteiger partial charge in [-0.2, -0.15) is 0 Å². The van der Waals surface area contributed by atoms with Crippen molar-refractivity contribution < 1.29 is 28.8 Å². The highest BCUT2D eigenvalue weighted by atomic mass is 16.2. The lowest BCUT2D eigenvalue weighted by molar-refractivity contribution is -0.146. The molecule has 13 nitrogen and oxygen atoms in total. The first-order valence-corrected chi connectivity index (χ1v) is 18.5. The molecule has 1 saturated heterocycles. The number of carbonyl (C=O) groups excluding carboxylic acids is 6. The minimum atomic E-state index is -1.04. The van der Waals surface area contributed by atoms with Crippen LogP contribution in [0.15, 0.2) is 31.2 Å². The highest BCUT2D eigenvalue weighted by Gasteiger charge is 2.49. The number of ketones is 1. The fraction of sp³-hybridized carbons (Fsp3) is 0.684. The molecule has 2 heterocycles. The molecule has 4 rings (SSSR count). The number of nitrogens with one attached hydrogen (secondary N) is 4. The molecular formula is C38H57N7O6. The summed E-state index contributed by atoms with van der Waals surface area (Å²) in [5, 5.41) is 11.3. The Morgan fingerprint density at radius 3 is 2.25 bits per heavy atom. The molecule has 0 aromatic carbocycles. The second-order valence-corrected chi connectivity index (χ2v) is 16.3. The summed E-state index contributed by atoms with van der Waals surface area (Å²) in [5.41, 5.74) is -1.25. The molecule has 5 atom stereocenters. The van der Waals surface area contributed by atoms with Gasteiger partial charge in [-0.3, -0.25) is 33.8 Å². The first kappa shape index (κ1) is 39.6. The lowest BCUT2D eigenvalue weighted by Crippen LogP contribution is -2.63. The highest BCUT2D eigenvalue weighted by molar-refractivity contribution is 6.38. The third kappa shape index (κ3) is 10.0. The average molecular weight is 708 g/mol. The summed E-state index contributed by atoms with van der Waals surface area (Å²) in [5.74, 6) is -3.37. The standard InChI is InChI=1S/C38H57N7O6/c1-8-17-41-34(49)29(46)26(21-24-12-13-24)42-33(48)28-25(23(2)3)14-20-45(28)36(51)31(37(4,5)6)44-35(50)30(38(7)15-10-9-11-16-38)43-32(47)27-22-39-18-19-40-27/h8,18-19,22-26,28,30-31H,1,9-17,20-21H2,2-7H3,(H,41,49)(H,42,48)(H,43,47)(H,44,50)/t25-,26?,28+,30-,31-/m1/s1. The first-order chi connectivity index (χ1) is 24.1. The Kier molecular flexibility index (Phi) is 13.1. The van der Waals surface area contributed by atoms with Crippen molar-refractivity contribution in [3.05, 3.63) is 36.9 Å². The smallest absolute Gasteiger partial charge is 0.289 e. The van der Waals surface area contributed by atoms with Crippen LogP contribution in [0.25, 0.3) is 0 Å². The Labute approximate surface area is 302 Å². The Morgan fingerprint density at radius 1 is 1.00 bits per heavy atom. The van der Waals surface area contributed by atoms with E-state index in [0.717, 1.165) is 44.9 Å². The van der Waals surface area contributed by atoms with Crippen LogP contribution in [-0.4, -0.2) is 87.4 Å². The SMILES string of the molecule is C=CCNC(=O)C(=O)C(CC1CC1)NC(=O)[C@@H]1[C@@H](C(C)C)CCN1C(=O)[C@@H](NC(=O)[C@@H](NC(=O)c1cnccn1)C1(C)CCCCC1)C(C)(C)C. The van der Waals surface area contributed by atoms with E-state index < -0.39 is 70.3 Å². The van der Waals surface area contributed by atoms with Crippen molar-refractivity contribution in [1.82, 2.24) is 36.1 Å². The predicted molar refractivity (Wildman–Crippen MR) is 192 cm³/mol. The molecule has 13 heteroatoms. The molecule has 51 heavy (non-hydrogen) atoms. The van der Waals surface area contributed by atoms with Gasteiger partial charge in [-0.1, -0.05) is 79.7 Å². The molecule has 1 aromatic rings. The summed E-state index contributed by atoms with van der Waals surface area (Å²) in [6, 6.07) is -3.92. The summed E-state index contributed by atoms with van der Waals surface area (Å²) in [6.45, 7) is 15.5. The monoisotopic (exact) mass is 707 g/mol. The van der Waals surface area contributed by atoms with Crippen molar-refractivity contribution in [2.45, 2.75) is 123 Å². The zero-order valence-corrected chi connectivity index (χ0v) is 31.1. The van der Waals surface area contributed by atoms with E-state index in [1.807, 2.05) is 41.5 Å². The fourth-order valence-electron chi connectivity index (χ4n) is 7.55. The Bertz CT molecular complexity index is 1450. The van der Waals surface area contributed by atoms with Gasteiger partial charge in [-0.05, 0) is 54.3 Å². The van der Waals surface area contributed by atoms with Crippen molar-refractivity contribution >= 4 is 35.3 Å². The van der Waals surface area contributed by atoms with E-state index in [0.29, 0.717) is 12.8 Å². The van der Waals surface area contributed by atoms with Gasteiger partial charge in [0.05, 0.1) is 12.2 Å². The normalized spacial score (nSPS) is 21.9. The average Bonchev–Trinajstić information content (AvgIpc) is 3.80. The van der Waals surface area contributed by atoms with Crippen LogP contribution in [0.2, 0.25) is 0 Å². The van der Waals surface area contributed by atoms with Gasteiger partial charge >= 0.3 is 0 Å². The third-order valence-electron chi connectivity index (χ3n) is 10.8. The van der Waals surface area contributed by atoms with E-state index in [9.17, 15) is 28.8 Å². The zero-order chi connectivity index (χ0) is 37.5. The van der Waals surface area contributed by atoms with Crippen LogP contribution in [0.3, 0.4) is 0 Å². The molecule has 1 aromatic heterocycles. The van der Waals surface area contributed by atoms with Gasteiger partial charge in [0.2, 0.25) is 23.5 Å². The van der Waals surface area contributed by atoms with Gasteiger partial charge in [0, 0.05) is 25.5 Å². The van der Waals surface area contributed by atoms with Crippen molar-refractivity contribution in [1.29, 1.82) is 0 Å². The van der Waals surface area contributed by atoms with Crippen LogP contribution < -0.4 is 21.3 Å². The first-order valence-electron chi connectivity index (χ1n) is 18.5. The lowest BCUT2D eigenvalue weighted by Gasteiger charge is -2.42. The Balaban J connectivity index is 1.60. The highest BCUT2D eigenvalue weighted by Crippen LogP contribution is 2.40. The van der Waals surface area contributed by atoms with E-state index in [1.54, 1.807) is 0 Å². The number of hydrogen-bond donors (Lipinski definition) is 4. The number of hydrogen-bond acceptors (Lipinski definition) is 8. The van der Waals surface area contributed by atoms with Crippen LogP contribution in [0, 0.1) is 28.6 Å². The summed E-state index contributed by atoms with van der Waals surface area (Å²) >= 11 is 0. The van der Waals surface area contributed by atoms with E-state index in [-0.39, 0.29) is 36.5 Å². The van der Waals surface area contributed by atoms with E-state index in [1.165, 1.54) is 29.6 Å². The van der Waals surface area contributed by atoms with Crippen molar-refractivity contribution in [3.8, 4) is 0 Å². The minimum Gasteiger partial charge on any atom is -0.346 e. The van der Waals surface area contributed by atoms with Crippen LogP contribution >= 0.6 is 0 Å². The summed E-state index contributed by atoms with van der Waals surface area (Å²) in [4.78, 5) is 92.0. The van der Waals surface area contributed by atoms with Gasteiger partial charge in [-0.25, -0.2) is 4.98 Å². The number of Topliss-reactive ketones (excluding diaryl/α,β-unsaturated/α-hetero) is 1. The molecular weight excluding hydrogens is 650 g/mol. The Hall–Kier alpha value is -4.16. The maximum atomic E-state index is 14.7. The van der Waals surface area contributed by atoms with Crippen LogP contribution in [-0.2, 0) is 24.0 Å². The fourth-order valence-corrected chi connectivity index (χ4v) is 7.55. The molecule has 0 spiro atoms. The lowest BCUT2D eigenvalue weighted by atomic mass is 9.70. The summed E-state index contributed by atoms with van der Waals surface area (Å²) in [6.07, 6.45) is 12.7. The number of rotatable bonds is 15. The van der Waals surface area contributed by atoms with Crippen LogP contribution in [0.4, 0.5) is 0 Å². The molecule has 280 valence electrons. The van der Waals surface area contributed by atoms with E-state index >= 15 is 0 Å². The van der Waals surface area contributed by atoms with Gasteiger partial charge in [-0.15, -0.1) is 6.58 Å². The maximum absolute atomic E-state index is 14.7. The number of carbonyl (C=O) groups is 6. The maximum Gasteiger partial charge on any atom is 0.289 e. The molecule has 3 fully saturated rings. The van der Waals surface area contributed by atoms with E-state index in [4.69, 9.17) is 0 Å². The molecule has 1 aliphatic heterocycles. The quantitative estimate of drug-likeness (QED) is 0.159. The number of nitrogens with zero attached hydrogens (tertiary/aromatic N) is 3. The molecule has 5 amide bonds. The van der Waals surface area contributed by atoms with Crippen molar-refractivity contribution in [2.24, 2.45) is 28.6 Å². The van der Waals surface area contributed by atoms with Gasteiger partial charge in [0.25, 0.3) is 11.8 Å². The predicted octanol–water partition coefficient (Wildman–Crippen LogP) is 3.11. The molecule has 1 unspecified atom stereocenters. The summed E-state index contributed by atoms with van der Waals surface area (Å²) < 4.78 is 0. The molecule has 0 radical (unpaired) electrons. The number of aromatic nitrogens is 2. The molecule has 2 saturated carbocycles. The van der Waals surface area contributed by atoms with Gasteiger partial charge < -0.3 is 26.2 Å². The van der Waals surface area contributed by atoms with Crippen molar-refractivity contribution in [3.63, 3.8) is 0 Å². The van der Waals surface area contributed by atoms with Gasteiger partial charge in [0.15, 0.2) is 0 Å². The van der Waals surface area contributed by atoms with Crippen LogP contribution in [0.5, 0.6) is 0 Å². The van der Waals surface area contributed by atoms with Crippen molar-refractivity contribution in [2.75, 3.05) is 13.1 Å². The zero-order valence-electron chi connectivity index (χ0n) is 31.1. The van der Waals surface area contributed by atoms with Gasteiger partial charge in [0.1, 0.15) is 23.8 Å². The topological polar surface area (TPSA) is 180 Å². The van der Waals surface area contributed by atoms with Crippen LogP contribution in [0.1, 0.15) is 110 Å². The number of likely N-dealkylation sites (tertiary alicyclic amines) is 1. The molecule has 0 bridgehead atoms. The number of amides is 5. The second kappa shape index (κ2) is 16.9. The minimum absolute atomic E-state index is 0.0293. The molecule has 2 aliphatic carbocycles. The summed E-state index contributed by atoms with van der Waals surface area (Å²) in [7, 11) is 0.